The molecule has 1 aliphatic carbocycles. The second-order valence-corrected chi connectivity index (χ2v) is 10.7. The lowest BCUT2D eigenvalue weighted by Gasteiger charge is -2.23. The Bertz CT molecular complexity index is 1490. The Morgan fingerprint density at radius 2 is 1.65 bits per heavy atom. The van der Waals surface area contributed by atoms with E-state index in [1.54, 1.807) is 24.3 Å². The second kappa shape index (κ2) is 10.8. The number of halogens is 1. The molecule has 1 saturated carbocycles. The number of nitrogens with zero attached hydrogens (tertiary/aromatic N) is 3. The number of nitrogens with one attached hydrogen (secondary N) is 1. The molecule has 0 spiro atoms. The van der Waals surface area contributed by atoms with Crippen molar-refractivity contribution in [2.24, 2.45) is 5.14 Å². The Kier molecular flexibility index (Phi) is 7.29. The van der Waals surface area contributed by atoms with Crippen molar-refractivity contribution in [2.75, 3.05) is 11.9 Å². The van der Waals surface area contributed by atoms with Crippen molar-refractivity contribution >= 4 is 27.0 Å². The lowest BCUT2D eigenvalue weighted by atomic mass is 9.98. The van der Waals surface area contributed by atoms with Gasteiger partial charge in [-0.25, -0.2) is 27.9 Å². The van der Waals surface area contributed by atoms with Gasteiger partial charge in [0.15, 0.2) is 5.52 Å². The summed E-state index contributed by atoms with van der Waals surface area (Å²) in [6.45, 7) is 0.532. The average molecular weight is 522 g/mol. The Morgan fingerprint density at radius 3 is 2.35 bits per heavy atom. The molecule has 192 valence electrons. The monoisotopic (exact) mass is 521 g/mol. The van der Waals surface area contributed by atoms with Gasteiger partial charge in [0.05, 0.1) is 16.1 Å². The van der Waals surface area contributed by atoms with Gasteiger partial charge in [0.2, 0.25) is 21.9 Å². The highest BCUT2D eigenvalue weighted by Gasteiger charge is 2.19. The van der Waals surface area contributed by atoms with Gasteiger partial charge in [-0.15, -0.1) is 0 Å². The molecule has 0 aliphatic heterocycles. The Morgan fingerprint density at radius 1 is 0.919 bits per heavy atom. The normalized spacial score (nSPS) is 14.5. The molecular weight excluding hydrogens is 493 g/mol. The van der Waals surface area contributed by atoms with Gasteiger partial charge >= 0.3 is 0 Å². The number of pyridine rings is 1. The van der Waals surface area contributed by atoms with Crippen LogP contribution in [0.1, 0.15) is 37.7 Å². The third kappa shape index (κ3) is 6.20. The van der Waals surface area contributed by atoms with Crippen LogP contribution in [0.5, 0.6) is 5.88 Å². The predicted octanol–water partition coefficient (Wildman–Crippen LogP) is 4.84. The Balaban J connectivity index is 1.38. The minimum atomic E-state index is -3.72. The van der Waals surface area contributed by atoms with Crippen molar-refractivity contribution in [1.82, 2.24) is 15.0 Å². The highest BCUT2D eigenvalue weighted by Crippen LogP contribution is 2.30. The van der Waals surface area contributed by atoms with Crippen LogP contribution in [0.3, 0.4) is 0 Å². The van der Waals surface area contributed by atoms with E-state index in [4.69, 9.17) is 14.9 Å². The molecule has 2 aromatic heterocycles. The molecule has 4 aromatic rings. The zero-order valence-electron chi connectivity index (χ0n) is 20.2. The Hall–Kier alpha value is -3.63. The summed E-state index contributed by atoms with van der Waals surface area (Å²) in [7, 11) is -3.72. The molecule has 3 N–H and O–H groups in total. The quantitative estimate of drug-likeness (QED) is 0.340. The molecule has 10 heteroatoms. The van der Waals surface area contributed by atoms with Crippen LogP contribution in [0.15, 0.2) is 65.6 Å². The first-order valence-corrected chi connectivity index (χ1v) is 13.9. The van der Waals surface area contributed by atoms with Gasteiger partial charge < -0.3 is 10.1 Å². The number of primary sulfonamides is 1. The number of aromatic nitrogens is 3. The van der Waals surface area contributed by atoms with Crippen LogP contribution in [0.25, 0.3) is 22.3 Å². The van der Waals surface area contributed by atoms with Crippen molar-refractivity contribution in [3.05, 3.63) is 72.0 Å². The third-order valence-corrected chi connectivity index (χ3v) is 7.36. The molecule has 2 heterocycles. The van der Waals surface area contributed by atoms with Crippen molar-refractivity contribution in [2.45, 2.75) is 49.5 Å². The second-order valence-electron chi connectivity index (χ2n) is 9.17. The number of hydrogen-bond acceptors (Lipinski definition) is 7. The molecular formula is C27H28FN5O3S. The molecule has 1 fully saturated rings. The minimum Gasteiger partial charge on any atom is -0.473 e. The van der Waals surface area contributed by atoms with Gasteiger partial charge in [-0.3, -0.25) is 0 Å². The average Bonchev–Trinajstić information content (AvgIpc) is 2.89. The SMILES string of the molecule is NS(=O)(=O)c1ccc(CCNc2nc(OC3CCCCC3)c3nc(-c4ccc(F)cc4)ccc3n2)cc1. The number of fused-ring (bicyclic) bond motifs is 1. The molecule has 0 bridgehead atoms. The smallest absolute Gasteiger partial charge is 0.245 e. The fraction of sp³-hybridized carbons (Fsp3) is 0.296. The van der Waals surface area contributed by atoms with Crippen molar-refractivity contribution in [1.29, 1.82) is 0 Å². The van der Waals surface area contributed by atoms with Crippen molar-refractivity contribution < 1.29 is 17.5 Å². The van der Waals surface area contributed by atoms with Crippen LogP contribution in [0.2, 0.25) is 0 Å². The van der Waals surface area contributed by atoms with Crippen LogP contribution in [0.4, 0.5) is 10.3 Å². The summed E-state index contributed by atoms with van der Waals surface area (Å²) < 4.78 is 42.7. The molecule has 0 amide bonds. The molecule has 0 saturated heterocycles. The molecule has 1 aliphatic rings. The summed E-state index contributed by atoms with van der Waals surface area (Å²) >= 11 is 0. The number of anilines is 1. The summed E-state index contributed by atoms with van der Waals surface area (Å²) in [6, 6.07) is 16.4. The van der Waals surface area contributed by atoms with Gasteiger partial charge in [-0.05, 0) is 86.2 Å². The van der Waals surface area contributed by atoms with Crippen LogP contribution in [0, 0.1) is 5.82 Å². The predicted molar refractivity (Wildman–Crippen MR) is 140 cm³/mol. The van der Waals surface area contributed by atoms with E-state index in [0.29, 0.717) is 41.5 Å². The van der Waals surface area contributed by atoms with E-state index in [9.17, 15) is 12.8 Å². The van der Waals surface area contributed by atoms with Gasteiger partial charge in [0, 0.05) is 12.1 Å². The lowest BCUT2D eigenvalue weighted by molar-refractivity contribution is 0.150. The molecule has 0 unspecified atom stereocenters. The molecule has 0 atom stereocenters. The summed E-state index contributed by atoms with van der Waals surface area (Å²) in [5.74, 6) is 0.557. The topological polar surface area (TPSA) is 120 Å². The maximum atomic E-state index is 13.4. The van der Waals surface area contributed by atoms with E-state index in [0.717, 1.165) is 36.8 Å². The van der Waals surface area contributed by atoms with Crippen LogP contribution in [-0.2, 0) is 16.4 Å². The number of sulfonamides is 1. The summed E-state index contributed by atoms with van der Waals surface area (Å²) in [5, 5.41) is 8.41. The summed E-state index contributed by atoms with van der Waals surface area (Å²) in [6.07, 6.45) is 6.11. The van der Waals surface area contributed by atoms with Gasteiger partial charge in [-0.2, -0.15) is 4.98 Å². The van der Waals surface area contributed by atoms with E-state index in [1.165, 1.54) is 30.7 Å². The molecule has 0 radical (unpaired) electrons. The van der Waals surface area contributed by atoms with Gasteiger partial charge in [0.1, 0.15) is 11.9 Å². The zero-order valence-corrected chi connectivity index (χ0v) is 21.0. The first-order valence-electron chi connectivity index (χ1n) is 12.3. The van der Waals surface area contributed by atoms with Crippen LogP contribution < -0.4 is 15.2 Å². The fourth-order valence-corrected chi connectivity index (χ4v) is 4.95. The highest BCUT2D eigenvalue weighted by molar-refractivity contribution is 7.89. The van der Waals surface area contributed by atoms with E-state index < -0.39 is 10.0 Å². The molecule has 2 aromatic carbocycles. The minimum absolute atomic E-state index is 0.0771. The number of nitrogens with two attached hydrogens (primary N) is 1. The molecule has 8 nitrogen and oxygen atoms in total. The number of ether oxygens (including phenoxy) is 1. The number of benzene rings is 2. The first-order chi connectivity index (χ1) is 17.8. The van der Waals surface area contributed by atoms with E-state index in [-0.39, 0.29) is 16.8 Å². The standard InChI is InChI=1S/C27H28FN5O3S/c28-20-10-8-19(9-11-20)23-14-15-24-25(31-23)26(36-21-4-2-1-3-5-21)33-27(32-24)30-17-16-18-6-12-22(13-7-18)37(29,34)35/h6-15,21H,1-5,16-17H2,(H2,29,34,35)(H,30,32,33). The summed E-state index contributed by atoms with van der Waals surface area (Å²) in [5.41, 5.74) is 3.64. The highest BCUT2D eigenvalue weighted by atomic mass is 32.2. The summed E-state index contributed by atoms with van der Waals surface area (Å²) in [4.78, 5) is 14.2. The van der Waals surface area contributed by atoms with E-state index in [1.807, 2.05) is 12.1 Å². The van der Waals surface area contributed by atoms with Crippen molar-refractivity contribution in [3.8, 4) is 17.1 Å². The van der Waals surface area contributed by atoms with E-state index >= 15 is 0 Å². The largest absolute Gasteiger partial charge is 0.473 e. The fourth-order valence-electron chi connectivity index (χ4n) is 4.44. The molecule has 5 rings (SSSR count). The molecule has 37 heavy (non-hydrogen) atoms. The number of rotatable bonds is 8. The Labute approximate surface area is 215 Å². The number of hydrogen-bond donors (Lipinski definition) is 2. The zero-order chi connectivity index (χ0) is 25.8. The van der Waals surface area contributed by atoms with Crippen LogP contribution >= 0.6 is 0 Å². The third-order valence-electron chi connectivity index (χ3n) is 6.43. The maximum absolute atomic E-state index is 13.4. The lowest BCUT2D eigenvalue weighted by Crippen LogP contribution is -2.21. The maximum Gasteiger partial charge on any atom is 0.245 e. The van der Waals surface area contributed by atoms with Crippen molar-refractivity contribution in [3.63, 3.8) is 0 Å². The first kappa shape index (κ1) is 25.0. The van der Waals surface area contributed by atoms with Crippen LogP contribution in [-0.4, -0.2) is 36.0 Å². The van der Waals surface area contributed by atoms with E-state index in [2.05, 4.69) is 15.3 Å². The van der Waals surface area contributed by atoms with Gasteiger partial charge in [-0.1, -0.05) is 18.6 Å². The van der Waals surface area contributed by atoms with Gasteiger partial charge in [0.25, 0.3) is 0 Å².